The Labute approximate surface area is 111 Å². The van der Waals surface area contributed by atoms with E-state index in [1.165, 1.54) is 5.56 Å². The molecule has 0 aliphatic rings. The fourth-order valence-electron chi connectivity index (χ4n) is 2.57. The van der Waals surface area contributed by atoms with Crippen molar-refractivity contribution < 1.29 is 4.74 Å². The van der Waals surface area contributed by atoms with E-state index in [1.54, 1.807) is 7.11 Å². The number of hydrogen-bond donors (Lipinski definition) is 1. The van der Waals surface area contributed by atoms with E-state index in [0.717, 1.165) is 18.6 Å². The topological polar surface area (TPSA) is 38.5 Å². The highest BCUT2D eigenvalue weighted by Crippen LogP contribution is 2.29. The van der Waals surface area contributed by atoms with Crippen molar-refractivity contribution in [2.24, 2.45) is 5.73 Å². The summed E-state index contributed by atoms with van der Waals surface area (Å²) in [4.78, 5) is 2.37. The molecule has 1 atom stereocenters. The Morgan fingerprint density at radius 3 is 2.33 bits per heavy atom. The number of hydrogen-bond acceptors (Lipinski definition) is 3. The van der Waals surface area contributed by atoms with E-state index >= 15 is 0 Å². The summed E-state index contributed by atoms with van der Waals surface area (Å²) in [7, 11) is 3.87. The minimum absolute atomic E-state index is 0.214. The van der Waals surface area contributed by atoms with Gasteiger partial charge in [0.1, 0.15) is 5.75 Å². The van der Waals surface area contributed by atoms with E-state index in [1.807, 2.05) is 18.2 Å². The van der Waals surface area contributed by atoms with Crippen LogP contribution in [0.5, 0.6) is 5.75 Å². The first kappa shape index (κ1) is 15.0. The van der Waals surface area contributed by atoms with Gasteiger partial charge in [0, 0.05) is 18.2 Å². The zero-order chi connectivity index (χ0) is 13.5. The molecule has 102 valence electrons. The SMILES string of the molecule is CCC(CC)N(C)C(CN)c1ccccc1OC. The van der Waals surface area contributed by atoms with E-state index < -0.39 is 0 Å². The fraction of sp³-hybridized carbons (Fsp3) is 0.600. The molecule has 0 spiro atoms. The summed E-state index contributed by atoms with van der Waals surface area (Å²) in [5, 5.41) is 0. The molecule has 0 heterocycles. The molecule has 1 unspecified atom stereocenters. The first-order valence-corrected chi connectivity index (χ1v) is 6.74. The summed E-state index contributed by atoms with van der Waals surface area (Å²) in [6.45, 7) is 5.05. The van der Waals surface area contributed by atoms with Crippen molar-refractivity contribution in [2.45, 2.75) is 38.8 Å². The second-order valence-electron chi connectivity index (χ2n) is 4.63. The van der Waals surface area contributed by atoms with Crippen molar-refractivity contribution in [3.8, 4) is 5.75 Å². The molecule has 0 radical (unpaired) electrons. The molecule has 2 N–H and O–H groups in total. The summed E-state index contributed by atoms with van der Waals surface area (Å²) in [5.41, 5.74) is 7.16. The predicted molar refractivity (Wildman–Crippen MR) is 76.9 cm³/mol. The third-order valence-electron chi connectivity index (χ3n) is 3.73. The van der Waals surface area contributed by atoms with E-state index in [9.17, 15) is 0 Å². The highest BCUT2D eigenvalue weighted by atomic mass is 16.5. The maximum atomic E-state index is 5.98. The van der Waals surface area contributed by atoms with Crippen molar-refractivity contribution >= 4 is 0 Å². The second-order valence-corrected chi connectivity index (χ2v) is 4.63. The van der Waals surface area contributed by atoms with Gasteiger partial charge in [-0.25, -0.2) is 0 Å². The summed E-state index contributed by atoms with van der Waals surface area (Å²) in [6.07, 6.45) is 2.28. The standard InChI is InChI=1S/C15H26N2O/c1-5-12(6-2)17(3)14(11-16)13-9-7-8-10-15(13)18-4/h7-10,12,14H,5-6,11,16H2,1-4H3. The highest BCUT2D eigenvalue weighted by Gasteiger charge is 2.23. The van der Waals surface area contributed by atoms with Crippen LogP contribution in [0.15, 0.2) is 24.3 Å². The van der Waals surface area contributed by atoms with Crippen LogP contribution >= 0.6 is 0 Å². The maximum Gasteiger partial charge on any atom is 0.123 e. The molecule has 18 heavy (non-hydrogen) atoms. The minimum Gasteiger partial charge on any atom is -0.496 e. The van der Waals surface area contributed by atoms with Crippen molar-refractivity contribution in [3.63, 3.8) is 0 Å². The van der Waals surface area contributed by atoms with Gasteiger partial charge in [-0.05, 0) is 26.0 Å². The van der Waals surface area contributed by atoms with Gasteiger partial charge in [-0.2, -0.15) is 0 Å². The molecule has 1 aromatic rings. The Bertz CT molecular complexity index is 350. The molecule has 1 rings (SSSR count). The molecule has 0 saturated heterocycles. The molecule has 3 heteroatoms. The van der Waals surface area contributed by atoms with Crippen LogP contribution in [-0.2, 0) is 0 Å². The fourth-order valence-corrected chi connectivity index (χ4v) is 2.57. The zero-order valence-corrected chi connectivity index (χ0v) is 12.0. The summed E-state index contributed by atoms with van der Waals surface area (Å²) >= 11 is 0. The Kier molecular flexibility index (Phi) is 6.16. The van der Waals surface area contributed by atoms with Gasteiger partial charge in [0.05, 0.1) is 13.2 Å². The first-order valence-electron chi connectivity index (χ1n) is 6.74. The molecular formula is C15H26N2O. The number of para-hydroxylation sites is 1. The quantitative estimate of drug-likeness (QED) is 0.808. The molecular weight excluding hydrogens is 224 g/mol. The molecule has 0 fully saturated rings. The number of nitrogens with two attached hydrogens (primary N) is 1. The third kappa shape index (κ3) is 3.24. The van der Waals surface area contributed by atoms with E-state index in [-0.39, 0.29) is 6.04 Å². The maximum absolute atomic E-state index is 5.98. The lowest BCUT2D eigenvalue weighted by Crippen LogP contribution is -2.38. The largest absolute Gasteiger partial charge is 0.496 e. The van der Waals surface area contributed by atoms with E-state index in [2.05, 4.69) is 31.9 Å². The summed E-state index contributed by atoms with van der Waals surface area (Å²) in [5.74, 6) is 0.922. The predicted octanol–water partition coefficient (Wildman–Crippen LogP) is 2.82. The Morgan fingerprint density at radius 2 is 1.83 bits per heavy atom. The van der Waals surface area contributed by atoms with Crippen LogP contribution in [0.1, 0.15) is 38.3 Å². The number of methoxy groups -OCH3 is 1. The molecule has 0 aromatic heterocycles. The van der Waals surface area contributed by atoms with Crippen LogP contribution in [-0.4, -0.2) is 31.6 Å². The lowest BCUT2D eigenvalue weighted by molar-refractivity contribution is 0.165. The number of rotatable bonds is 7. The average molecular weight is 250 g/mol. The number of likely N-dealkylation sites (N-methyl/N-ethyl adjacent to an activating group) is 1. The number of benzene rings is 1. The summed E-state index contributed by atoms with van der Waals surface area (Å²) in [6, 6.07) is 8.91. The average Bonchev–Trinajstić information content (AvgIpc) is 2.41. The summed E-state index contributed by atoms with van der Waals surface area (Å²) < 4.78 is 5.44. The number of nitrogens with zero attached hydrogens (tertiary/aromatic N) is 1. The van der Waals surface area contributed by atoms with E-state index in [4.69, 9.17) is 10.5 Å². The smallest absolute Gasteiger partial charge is 0.123 e. The Morgan fingerprint density at radius 1 is 1.22 bits per heavy atom. The van der Waals surface area contributed by atoms with Gasteiger partial charge >= 0.3 is 0 Å². The van der Waals surface area contributed by atoms with Crippen molar-refractivity contribution in [1.82, 2.24) is 4.90 Å². The highest BCUT2D eigenvalue weighted by molar-refractivity contribution is 5.36. The van der Waals surface area contributed by atoms with Crippen molar-refractivity contribution in [2.75, 3.05) is 20.7 Å². The molecule has 0 aliphatic heterocycles. The molecule has 0 aliphatic carbocycles. The molecule has 3 nitrogen and oxygen atoms in total. The van der Waals surface area contributed by atoms with Crippen LogP contribution in [0, 0.1) is 0 Å². The van der Waals surface area contributed by atoms with Gasteiger partial charge in [-0.3, -0.25) is 4.90 Å². The van der Waals surface area contributed by atoms with Crippen LogP contribution in [0.2, 0.25) is 0 Å². The lowest BCUT2D eigenvalue weighted by atomic mass is 10.0. The second kappa shape index (κ2) is 7.39. The molecule has 1 aromatic carbocycles. The van der Waals surface area contributed by atoms with Gasteiger partial charge < -0.3 is 10.5 Å². The van der Waals surface area contributed by atoms with Gasteiger partial charge in [0.2, 0.25) is 0 Å². The monoisotopic (exact) mass is 250 g/mol. The number of ether oxygens (including phenoxy) is 1. The Hall–Kier alpha value is -1.06. The molecule has 0 bridgehead atoms. The molecule has 0 amide bonds. The Balaban J connectivity index is 3.01. The van der Waals surface area contributed by atoms with Crippen LogP contribution in [0.3, 0.4) is 0 Å². The lowest BCUT2D eigenvalue weighted by Gasteiger charge is -2.34. The minimum atomic E-state index is 0.214. The van der Waals surface area contributed by atoms with Crippen LogP contribution in [0.4, 0.5) is 0 Å². The zero-order valence-electron chi connectivity index (χ0n) is 12.0. The van der Waals surface area contributed by atoms with E-state index in [0.29, 0.717) is 12.6 Å². The molecule has 0 saturated carbocycles. The van der Waals surface area contributed by atoms with Crippen molar-refractivity contribution in [1.29, 1.82) is 0 Å². The van der Waals surface area contributed by atoms with Crippen molar-refractivity contribution in [3.05, 3.63) is 29.8 Å². The van der Waals surface area contributed by atoms with Gasteiger partial charge in [0.25, 0.3) is 0 Å². The van der Waals surface area contributed by atoms with Gasteiger partial charge in [-0.15, -0.1) is 0 Å². The first-order chi connectivity index (χ1) is 8.69. The van der Waals surface area contributed by atoms with Crippen LogP contribution < -0.4 is 10.5 Å². The van der Waals surface area contributed by atoms with Crippen LogP contribution in [0.25, 0.3) is 0 Å². The van der Waals surface area contributed by atoms with Gasteiger partial charge in [0.15, 0.2) is 0 Å². The van der Waals surface area contributed by atoms with Gasteiger partial charge in [-0.1, -0.05) is 32.0 Å². The normalized spacial score (nSPS) is 13.1. The third-order valence-corrected chi connectivity index (χ3v) is 3.73.